The summed E-state index contributed by atoms with van der Waals surface area (Å²) in [5.41, 5.74) is 5.12. The normalized spacial score (nSPS) is 12.0. The zero-order valence-corrected chi connectivity index (χ0v) is 36.5. The van der Waals surface area contributed by atoms with Crippen LogP contribution in [0.25, 0.3) is 11.1 Å². The molecule has 0 saturated carbocycles. The lowest BCUT2D eigenvalue weighted by Crippen LogP contribution is -2.29. The van der Waals surface area contributed by atoms with Gasteiger partial charge in [0.25, 0.3) is 0 Å². The summed E-state index contributed by atoms with van der Waals surface area (Å²) in [6.45, 7) is 16.8. The Morgan fingerprint density at radius 2 is 0.726 bits per heavy atom. The van der Waals surface area contributed by atoms with Gasteiger partial charge in [-0.1, -0.05) is 55.1 Å². The lowest BCUT2D eigenvalue weighted by molar-refractivity contribution is -0.140. The zero-order valence-electron chi connectivity index (χ0n) is 36.5. The number of benzene rings is 2. The smallest absolute Gasteiger partial charge is 0.407 e. The average Bonchev–Trinajstić information content (AvgIpc) is 3.60. The fraction of sp³-hybridized carbons (Fsp3) is 0.644. The third-order valence-electron chi connectivity index (χ3n) is 8.76. The summed E-state index contributed by atoms with van der Waals surface area (Å²) in [7, 11) is 0. The molecule has 2 aromatic rings. The highest BCUT2D eigenvalue weighted by atomic mass is 16.6. The summed E-state index contributed by atoms with van der Waals surface area (Å²) in [5.74, 6) is -0.387. The highest BCUT2D eigenvalue weighted by Gasteiger charge is 2.29. The first-order valence-corrected chi connectivity index (χ1v) is 21.4. The number of alkyl carbamates (subject to hydrolysis) is 1. The Balaban J connectivity index is 0.917. The Kier molecular flexibility index (Phi) is 31.4. The van der Waals surface area contributed by atoms with Gasteiger partial charge in [-0.25, -0.2) is 9.59 Å². The summed E-state index contributed by atoms with van der Waals surface area (Å²) in [6, 6.07) is 16.5. The number of amides is 1. The van der Waals surface area contributed by atoms with E-state index in [9.17, 15) is 9.59 Å². The van der Waals surface area contributed by atoms with E-state index in [-0.39, 0.29) is 19.1 Å². The number of hydrogen-bond donors (Lipinski definition) is 1. The molecular weight excluding hydrogens is 810 g/mol. The van der Waals surface area contributed by atoms with Crippen LogP contribution in [0.5, 0.6) is 0 Å². The lowest BCUT2D eigenvalue weighted by Gasteiger charge is -2.14. The van der Waals surface area contributed by atoms with Gasteiger partial charge in [0.1, 0.15) is 13.2 Å². The molecule has 0 unspecified atom stereocenters. The summed E-state index contributed by atoms with van der Waals surface area (Å²) in [4.78, 5) is 23.5. The second kappa shape index (κ2) is 36.9. The Bertz CT molecular complexity index is 1400. The summed E-state index contributed by atoms with van der Waals surface area (Å²) >= 11 is 0. The number of esters is 1. The van der Waals surface area contributed by atoms with Crippen LogP contribution in [-0.4, -0.2) is 190 Å². The van der Waals surface area contributed by atoms with Gasteiger partial charge in [0.15, 0.2) is 0 Å². The van der Waals surface area contributed by atoms with Crippen molar-refractivity contribution in [3.05, 3.63) is 71.8 Å². The van der Waals surface area contributed by atoms with Gasteiger partial charge >= 0.3 is 12.1 Å². The van der Waals surface area contributed by atoms with Crippen LogP contribution >= 0.6 is 0 Å². The first-order chi connectivity index (χ1) is 30.6. The van der Waals surface area contributed by atoms with Crippen molar-refractivity contribution in [2.75, 3.05) is 178 Å². The Hall–Kier alpha value is -3.56. The molecule has 0 aliphatic heterocycles. The van der Waals surface area contributed by atoms with Crippen molar-refractivity contribution in [2.24, 2.45) is 0 Å². The van der Waals surface area contributed by atoms with Gasteiger partial charge in [-0.3, -0.25) is 0 Å². The molecule has 3 rings (SSSR count). The molecule has 1 aliphatic carbocycles. The molecule has 17 nitrogen and oxygen atoms in total. The van der Waals surface area contributed by atoms with Crippen LogP contribution in [0.4, 0.5) is 4.79 Å². The number of nitrogens with one attached hydrogen (secondary N) is 1. The number of carbonyl (C=O) groups is 2. The molecule has 0 atom stereocenters. The minimum Gasteiger partial charge on any atom is -0.460 e. The Labute approximate surface area is 366 Å². The van der Waals surface area contributed by atoms with Crippen LogP contribution < -0.4 is 5.32 Å². The zero-order chi connectivity index (χ0) is 44.0. The number of rotatable bonds is 42. The average molecular weight is 880 g/mol. The molecule has 17 heteroatoms. The van der Waals surface area contributed by atoms with Crippen molar-refractivity contribution in [1.82, 2.24) is 5.32 Å². The van der Waals surface area contributed by atoms with Gasteiger partial charge in [-0.2, -0.15) is 0 Å². The molecule has 0 saturated heterocycles. The van der Waals surface area contributed by atoms with E-state index in [2.05, 4.69) is 36.2 Å². The van der Waals surface area contributed by atoms with Crippen molar-refractivity contribution in [2.45, 2.75) is 12.8 Å². The van der Waals surface area contributed by atoms with Gasteiger partial charge < -0.3 is 71.6 Å². The first-order valence-electron chi connectivity index (χ1n) is 21.4. The molecule has 1 N–H and O–H groups in total. The predicted molar refractivity (Wildman–Crippen MR) is 229 cm³/mol. The molecular formula is C45H69NO16. The van der Waals surface area contributed by atoms with Crippen LogP contribution in [0.2, 0.25) is 0 Å². The van der Waals surface area contributed by atoms with Gasteiger partial charge in [0.2, 0.25) is 0 Å². The number of ether oxygens (including phenoxy) is 14. The van der Waals surface area contributed by atoms with Crippen molar-refractivity contribution < 1.29 is 75.9 Å². The number of carbonyl (C=O) groups excluding carboxylic acids is 2. The highest BCUT2D eigenvalue weighted by Crippen LogP contribution is 2.44. The summed E-state index contributed by atoms with van der Waals surface area (Å²) in [6.07, 6.45) is -0.457. The fourth-order valence-corrected chi connectivity index (χ4v) is 5.71. The summed E-state index contributed by atoms with van der Waals surface area (Å²) < 4.78 is 76.2. The van der Waals surface area contributed by atoms with E-state index in [1.165, 1.54) is 22.3 Å². The molecule has 62 heavy (non-hydrogen) atoms. The van der Waals surface area contributed by atoms with Crippen LogP contribution in [0.1, 0.15) is 24.0 Å². The molecule has 1 aliphatic rings. The van der Waals surface area contributed by atoms with Crippen LogP contribution in [0.3, 0.4) is 0 Å². The molecule has 2 aromatic carbocycles. The fourth-order valence-electron chi connectivity index (χ4n) is 5.71. The minimum atomic E-state index is -0.457. The van der Waals surface area contributed by atoms with Gasteiger partial charge in [0, 0.05) is 18.0 Å². The van der Waals surface area contributed by atoms with Gasteiger partial charge in [-0.15, -0.1) is 0 Å². The Morgan fingerprint density at radius 3 is 1.05 bits per heavy atom. The van der Waals surface area contributed by atoms with E-state index < -0.39 is 12.1 Å². The molecule has 1 amide bonds. The molecule has 0 radical (unpaired) electrons. The van der Waals surface area contributed by atoms with E-state index in [0.29, 0.717) is 171 Å². The van der Waals surface area contributed by atoms with Crippen molar-refractivity contribution >= 4 is 12.1 Å². The van der Waals surface area contributed by atoms with Crippen LogP contribution in [0.15, 0.2) is 60.7 Å². The topological polar surface area (TPSA) is 175 Å². The quantitative estimate of drug-likeness (QED) is 0.0578. The maximum atomic E-state index is 12.3. The van der Waals surface area contributed by atoms with E-state index >= 15 is 0 Å². The second-order valence-electron chi connectivity index (χ2n) is 13.5. The maximum Gasteiger partial charge on any atom is 0.407 e. The number of fused-ring (bicyclic) bond motifs is 3. The standard InChI is InChI=1S/C45H69NO16/c1-38(2)44(47)61-36-35-60-34-33-59-32-31-58-30-29-57-28-27-56-26-25-55-24-23-54-22-21-53-20-19-52-18-17-51-16-15-50-14-13-49-12-11-46-45(48)62-37-43-41-9-5-3-7-39(41)40-8-4-6-10-42(40)43/h3-10,43H,1,11-37H2,2H3,(H,46,48). The van der Waals surface area contributed by atoms with Gasteiger partial charge in [-0.05, 0) is 29.2 Å². The van der Waals surface area contributed by atoms with E-state index in [4.69, 9.17) is 66.3 Å². The van der Waals surface area contributed by atoms with E-state index in [1.807, 2.05) is 24.3 Å². The van der Waals surface area contributed by atoms with Gasteiger partial charge in [0.05, 0.1) is 159 Å². The lowest BCUT2D eigenvalue weighted by atomic mass is 9.98. The van der Waals surface area contributed by atoms with E-state index in [1.54, 1.807) is 6.92 Å². The minimum absolute atomic E-state index is 0.0311. The molecule has 0 aromatic heterocycles. The molecule has 0 bridgehead atoms. The SMILES string of the molecule is C=C(C)C(=O)OCCOCCOCCOCCOCCOCCOCCOCCOCCOCCOCCOCCOCCNC(=O)OCC1c2ccccc2-c2ccccc21. The second-order valence-corrected chi connectivity index (χ2v) is 13.5. The largest absolute Gasteiger partial charge is 0.460 e. The molecule has 0 spiro atoms. The number of hydrogen-bond acceptors (Lipinski definition) is 16. The van der Waals surface area contributed by atoms with Crippen LogP contribution in [-0.2, 0) is 71.1 Å². The first kappa shape index (κ1) is 52.8. The monoisotopic (exact) mass is 879 g/mol. The van der Waals surface area contributed by atoms with Crippen molar-refractivity contribution in [1.29, 1.82) is 0 Å². The summed E-state index contributed by atoms with van der Waals surface area (Å²) in [5, 5.41) is 2.74. The van der Waals surface area contributed by atoms with Crippen LogP contribution in [0, 0.1) is 0 Å². The Morgan fingerprint density at radius 1 is 0.435 bits per heavy atom. The third-order valence-corrected chi connectivity index (χ3v) is 8.76. The third kappa shape index (κ3) is 25.5. The predicted octanol–water partition coefficient (Wildman–Crippen LogP) is 3.84. The van der Waals surface area contributed by atoms with Crippen molar-refractivity contribution in [3.8, 4) is 11.1 Å². The van der Waals surface area contributed by atoms with Crippen molar-refractivity contribution in [3.63, 3.8) is 0 Å². The maximum absolute atomic E-state index is 12.3. The molecule has 350 valence electrons. The molecule has 0 fully saturated rings. The highest BCUT2D eigenvalue weighted by molar-refractivity contribution is 5.86. The molecule has 0 heterocycles. The van der Waals surface area contributed by atoms with E-state index in [0.717, 1.165) is 0 Å².